The van der Waals surface area contributed by atoms with E-state index in [4.69, 9.17) is 11.6 Å². The molecule has 1 heterocycles. The van der Waals surface area contributed by atoms with Crippen LogP contribution in [0.25, 0.3) is 5.69 Å². The van der Waals surface area contributed by atoms with Crippen molar-refractivity contribution in [2.45, 2.75) is 26.5 Å². The third-order valence-corrected chi connectivity index (χ3v) is 4.28. The maximum absolute atomic E-state index is 12.6. The number of carbonyl (C=O) groups is 1. The molecule has 0 aliphatic rings. The highest BCUT2D eigenvalue weighted by molar-refractivity contribution is 6.30. The molecular weight excluding hydrogens is 352 g/mol. The van der Waals surface area contributed by atoms with Crippen LogP contribution in [0.5, 0.6) is 0 Å². The molecule has 0 saturated heterocycles. The van der Waals surface area contributed by atoms with Crippen molar-refractivity contribution < 1.29 is 9.90 Å². The summed E-state index contributed by atoms with van der Waals surface area (Å²) >= 11 is 5.89. The van der Waals surface area contributed by atoms with Gasteiger partial charge in [-0.2, -0.15) is 4.80 Å². The highest BCUT2D eigenvalue weighted by Gasteiger charge is 2.20. The third-order valence-electron chi connectivity index (χ3n) is 4.03. The summed E-state index contributed by atoms with van der Waals surface area (Å²) in [6, 6.07) is 14.6. The summed E-state index contributed by atoms with van der Waals surface area (Å²) < 4.78 is 0. The van der Waals surface area contributed by atoms with Crippen molar-refractivity contribution in [3.63, 3.8) is 0 Å². The first-order chi connectivity index (χ1) is 12.5. The van der Waals surface area contributed by atoms with Crippen LogP contribution in [0.4, 0.5) is 0 Å². The van der Waals surface area contributed by atoms with E-state index in [0.717, 1.165) is 16.8 Å². The number of nitrogens with one attached hydrogen (secondary N) is 1. The SMILES string of the molecule is Cc1ccc(-n2nc(CO)c(C(=O)N[C@H](C)c3ccc(Cl)cc3)n2)cc1. The van der Waals surface area contributed by atoms with E-state index < -0.39 is 5.91 Å². The highest BCUT2D eigenvalue weighted by atomic mass is 35.5. The van der Waals surface area contributed by atoms with E-state index in [2.05, 4.69) is 15.5 Å². The van der Waals surface area contributed by atoms with Crippen LogP contribution in [-0.2, 0) is 6.61 Å². The molecular formula is C19H19ClN4O2. The van der Waals surface area contributed by atoms with Gasteiger partial charge in [-0.15, -0.1) is 10.2 Å². The molecule has 0 bridgehead atoms. The number of halogens is 1. The zero-order valence-electron chi connectivity index (χ0n) is 14.5. The van der Waals surface area contributed by atoms with Crippen molar-refractivity contribution in [3.05, 3.63) is 76.1 Å². The Hall–Kier alpha value is -2.70. The predicted molar refractivity (Wildman–Crippen MR) is 99.4 cm³/mol. The lowest BCUT2D eigenvalue weighted by Crippen LogP contribution is -2.28. The number of aliphatic hydroxyl groups excluding tert-OH is 1. The molecule has 0 fully saturated rings. The van der Waals surface area contributed by atoms with Crippen LogP contribution in [0.1, 0.15) is 40.3 Å². The zero-order chi connectivity index (χ0) is 18.7. The maximum atomic E-state index is 12.6. The van der Waals surface area contributed by atoms with Gasteiger partial charge in [0.1, 0.15) is 5.69 Å². The number of hydrogen-bond acceptors (Lipinski definition) is 4. The molecule has 0 unspecified atom stereocenters. The van der Waals surface area contributed by atoms with Gasteiger partial charge in [-0.1, -0.05) is 41.4 Å². The van der Waals surface area contributed by atoms with E-state index in [1.807, 2.05) is 50.2 Å². The first-order valence-corrected chi connectivity index (χ1v) is 8.56. The molecule has 6 nitrogen and oxygen atoms in total. The minimum absolute atomic E-state index is 0.105. The lowest BCUT2D eigenvalue weighted by molar-refractivity contribution is 0.0931. The molecule has 0 aliphatic carbocycles. The summed E-state index contributed by atoms with van der Waals surface area (Å²) in [4.78, 5) is 14.0. The first kappa shape index (κ1) is 18.1. The standard InChI is InChI=1S/C19H19ClN4O2/c1-12-3-9-16(10-4-12)24-22-17(11-25)18(23-24)19(26)21-13(2)14-5-7-15(20)8-6-14/h3-10,13,25H,11H2,1-2H3,(H,21,26)/t13-/m1/s1. The Morgan fingerprint density at radius 2 is 1.81 bits per heavy atom. The predicted octanol–water partition coefficient (Wildman–Crippen LogP) is 3.21. The van der Waals surface area contributed by atoms with Crippen LogP contribution in [0, 0.1) is 6.92 Å². The summed E-state index contributed by atoms with van der Waals surface area (Å²) in [6.07, 6.45) is 0. The molecule has 134 valence electrons. The molecule has 3 aromatic rings. The van der Waals surface area contributed by atoms with Crippen LogP contribution < -0.4 is 5.32 Å². The number of nitrogens with zero attached hydrogens (tertiary/aromatic N) is 3. The molecule has 26 heavy (non-hydrogen) atoms. The number of aromatic nitrogens is 3. The Labute approximate surface area is 156 Å². The van der Waals surface area contributed by atoms with Gasteiger partial charge in [0.15, 0.2) is 5.69 Å². The van der Waals surface area contributed by atoms with E-state index in [9.17, 15) is 9.90 Å². The Balaban J connectivity index is 1.82. The van der Waals surface area contributed by atoms with Gasteiger partial charge in [0.25, 0.3) is 5.91 Å². The summed E-state index contributed by atoms with van der Waals surface area (Å²) in [7, 11) is 0. The van der Waals surface area contributed by atoms with Crippen molar-refractivity contribution in [1.29, 1.82) is 0 Å². The van der Waals surface area contributed by atoms with Crippen LogP contribution >= 0.6 is 11.6 Å². The van der Waals surface area contributed by atoms with Gasteiger partial charge in [-0.25, -0.2) is 0 Å². The molecule has 1 atom stereocenters. The lowest BCUT2D eigenvalue weighted by atomic mass is 10.1. The molecule has 1 amide bonds. The molecule has 0 aliphatic heterocycles. The second-order valence-corrected chi connectivity index (χ2v) is 6.46. The highest BCUT2D eigenvalue weighted by Crippen LogP contribution is 2.17. The first-order valence-electron chi connectivity index (χ1n) is 8.18. The third kappa shape index (κ3) is 3.92. The molecule has 2 aromatic carbocycles. The van der Waals surface area contributed by atoms with Crippen molar-refractivity contribution in [1.82, 2.24) is 20.3 Å². The van der Waals surface area contributed by atoms with Crippen molar-refractivity contribution in [3.8, 4) is 5.69 Å². The van der Waals surface area contributed by atoms with Crippen molar-refractivity contribution in [2.24, 2.45) is 0 Å². The van der Waals surface area contributed by atoms with Gasteiger partial charge in [0.05, 0.1) is 18.3 Å². The van der Waals surface area contributed by atoms with Crippen LogP contribution in [0.2, 0.25) is 5.02 Å². The summed E-state index contributed by atoms with van der Waals surface area (Å²) in [5.74, 6) is -0.394. The Morgan fingerprint density at radius 3 is 2.42 bits per heavy atom. The van der Waals surface area contributed by atoms with Crippen molar-refractivity contribution >= 4 is 17.5 Å². The minimum Gasteiger partial charge on any atom is -0.390 e. The zero-order valence-corrected chi connectivity index (χ0v) is 15.2. The lowest BCUT2D eigenvalue weighted by Gasteiger charge is -2.13. The number of rotatable bonds is 5. The molecule has 7 heteroatoms. The smallest absolute Gasteiger partial charge is 0.274 e. The Bertz CT molecular complexity index is 904. The molecule has 2 N–H and O–H groups in total. The monoisotopic (exact) mass is 370 g/mol. The molecule has 0 saturated carbocycles. The molecule has 0 spiro atoms. The van der Waals surface area contributed by atoms with E-state index in [-0.39, 0.29) is 24.0 Å². The van der Waals surface area contributed by atoms with Gasteiger partial charge in [0.2, 0.25) is 0 Å². The Morgan fingerprint density at radius 1 is 1.15 bits per heavy atom. The molecule has 3 rings (SSSR count). The van der Waals surface area contributed by atoms with Gasteiger partial charge in [0, 0.05) is 5.02 Å². The van der Waals surface area contributed by atoms with Crippen LogP contribution in [0.15, 0.2) is 48.5 Å². The average molecular weight is 371 g/mol. The summed E-state index contributed by atoms with van der Waals surface area (Å²) in [5, 5.41) is 21.5. The number of aryl methyl sites for hydroxylation is 1. The number of carbonyl (C=O) groups excluding carboxylic acids is 1. The van der Waals surface area contributed by atoms with Gasteiger partial charge in [-0.05, 0) is 43.7 Å². The van der Waals surface area contributed by atoms with Crippen LogP contribution in [0.3, 0.4) is 0 Å². The maximum Gasteiger partial charge on any atom is 0.274 e. The number of aliphatic hydroxyl groups is 1. The van der Waals surface area contributed by atoms with Gasteiger partial charge < -0.3 is 10.4 Å². The van der Waals surface area contributed by atoms with Gasteiger partial charge >= 0.3 is 0 Å². The van der Waals surface area contributed by atoms with Gasteiger partial charge in [-0.3, -0.25) is 4.79 Å². The van der Waals surface area contributed by atoms with E-state index in [1.165, 1.54) is 4.80 Å². The quantitative estimate of drug-likeness (QED) is 0.722. The van der Waals surface area contributed by atoms with Crippen LogP contribution in [-0.4, -0.2) is 26.0 Å². The fourth-order valence-electron chi connectivity index (χ4n) is 2.51. The second kappa shape index (κ2) is 7.68. The fourth-order valence-corrected chi connectivity index (χ4v) is 2.64. The normalized spacial score (nSPS) is 12.0. The Kier molecular flexibility index (Phi) is 5.35. The number of benzene rings is 2. The topological polar surface area (TPSA) is 80.0 Å². The number of hydrogen-bond donors (Lipinski definition) is 2. The van der Waals surface area contributed by atoms with E-state index in [1.54, 1.807) is 12.1 Å². The average Bonchev–Trinajstić information content (AvgIpc) is 3.07. The van der Waals surface area contributed by atoms with E-state index >= 15 is 0 Å². The molecule has 1 aromatic heterocycles. The second-order valence-electron chi connectivity index (χ2n) is 6.03. The van der Waals surface area contributed by atoms with E-state index in [0.29, 0.717) is 5.02 Å². The minimum atomic E-state index is -0.394. The fraction of sp³-hybridized carbons (Fsp3) is 0.211. The summed E-state index contributed by atoms with van der Waals surface area (Å²) in [6.45, 7) is 3.48. The largest absolute Gasteiger partial charge is 0.390 e. The molecule has 0 radical (unpaired) electrons. The van der Waals surface area contributed by atoms with Crippen molar-refractivity contribution in [2.75, 3.05) is 0 Å². The number of amides is 1. The summed E-state index contributed by atoms with van der Waals surface area (Å²) in [5.41, 5.74) is 3.08.